The Bertz CT molecular complexity index is 1180. The molecule has 0 amide bonds. The number of rotatable bonds is 4. The smallest absolute Gasteiger partial charge is 0.338 e. The summed E-state index contributed by atoms with van der Waals surface area (Å²) < 4.78 is 5.50. The fraction of sp³-hybridized carbons (Fsp3) is 0.150. The molecule has 0 unspecified atom stereocenters. The van der Waals surface area contributed by atoms with Crippen molar-refractivity contribution in [2.24, 2.45) is 0 Å². The number of nitrogens with zero attached hydrogens (tertiary/aromatic N) is 1. The molecule has 0 bridgehead atoms. The lowest BCUT2D eigenvalue weighted by molar-refractivity contribution is 0.0320. The van der Waals surface area contributed by atoms with Crippen LogP contribution in [0.2, 0.25) is 0 Å². The third-order valence-electron chi connectivity index (χ3n) is 4.17. The molecule has 0 aliphatic heterocycles. The highest BCUT2D eigenvalue weighted by molar-refractivity contribution is 7.18. The molecule has 0 aliphatic rings. The van der Waals surface area contributed by atoms with E-state index in [1.807, 2.05) is 35.9 Å². The lowest BCUT2D eigenvalue weighted by Crippen LogP contribution is -2.17. The Labute approximate surface area is 163 Å². The highest BCUT2D eigenvalue weighted by Crippen LogP contribution is 2.33. The Balaban J connectivity index is 1.64. The van der Waals surface area contributed by atoms with Gasteiger partial charge in [0.05, 0.1) is 10.9 Å². The molecule has 0 spiro atoms. The number of benzene rings is 1. The van der Waals surface area contributed by atoms with Crippen molar-refractivity contribution in [1.29, 1.82) is 0 Å². The van der Waals surface area contributed by atoms with E-state index in [0.29, 0.717) is 21.6 Å². The molecule has 0 saturated carbocycles. The number of carbonyl (C=O) groups is 1. The van der Waals surface area contributed by atoms with Crippen LogP contribution in [0.3, 0.4) is 0 Å². The monoisotopic (exact) mass is 396 g/mol. The molecule has 0 aliphatic carbocycles. The largest absolute Gasteiger partial charge is 0.451 e. The number of aryl methyl sites for hydroxylation is 1. The SMILES string of the molecule is Cc1cccc(C(=O)O[C@@H](C)c2nc3scc(-c4cccs4)c3c(=O)[nH]2)c1. The zero-order chi connectivity index (χ0) is 19.0. The van der Waals surface area contributed by atoms with Crippen LogP contribution in [0.25, 0.3) is 20.7 Å². The number of ether oxygens (including phenoxy) is 1. The van der Waals surface area contributed by atoms with Gasteiger partial charge >= 0.3 is 5.97 Å². The summed E-state index contributed by atoms with van der Waals surface area (Å²) in [6, 6.07) is 11.1. The van der Waals surface area contributed by atoms with Gasteiger partial charge in [-0.25, -0.2) is 9.78 Å². The Kier molecular flexibility index (Phi) is 4.63. The van der Waals surface area contributed by atoms with E-state index >= 15 is 0 Å². The second-order valence-electron chi connectivity index (χ2n) is 6.18. The van der Waals surface area contributed by atoms with Gasteiger partial charge in [-0.05, 0) is 37.4 Å². The zero-order valence-corrected chi connectivity index (χ0v) is 16.3. The number of fused-ring (bicyclic) bond motifs is 1. The summed E-state index contributed by atoms with van der Waals surface area (Å²) >= 11 is 2.99. The van der Waals surface area contributed by atoms with Crippen LogP contribution in [0.5, 0.6) is 0 Å². The van der Waals surface area contributed by atoms with Crippen LogP contribution in [-0.2, 0) is 4.74 Å². The number of esters is 1. The number of aromatic amines is 1. The lowest BCUT2D eigenvalue weighted by atomic mass is 10.1. The molecule has 1 aromatic carbocycles. The molecule has 5 nitrogen and oxygen atoms in total. The topological polar surface area (TPSA) is 72.0 Å². The predicted octanol–water partition coefficient (Wildman–Crippen LogP) is 4.94. The minimum Gasteiger partial charge on any atom is -0.451 e. The summed E-state index contributed by atoms with van der Waals surface area (Å²) in [6.07, 6.45) is -0.664. The standard InChI is InChI=1S/C20H16N2O3S2/c1-11-5-3-6-13(9-11)20(24)25-12(2)17-21-18(23)16-14(10-27-19(16)22-17)15-7-4-8-26-15/h3-10,12H,1-2H3,(H,21,22,23)/t12-/m0/s1. The highest BCUT2D eigenvalue weighted by atomic mass is 32.1. The normalized spacial score (nSPS) is 12.2. The van der Waals surface area contributed by atoms with Gasteiger partial charge in [-0.3, -0.25) is 4.79 Å². The van der Waals surface area contributed by atoms with Crippen LogP contribution in [0.15, 0.2) is 52.0 Å². The van der Waals surface area contributed by atoms with E-state index in [1.54, 1.807) is 36.5 Å². The Morgan fingerprint density at radius 3 is 2.81 bits per heavy atom. The van der Waals surface area contributed by atoms with Crippen molar-refractivity contribution in [1.82, 2.24) is 9.97 Å². The number of H-pyrrole nitrogens is 1. The van der Waals surface area contributed by atoms with Crippen molar-refractivity contribution in [3.63, 3.8) is 0 Å². The molecule has 3 heterocycles. The van der Waals surface area contributed by atoms with Crippen molar-refractivity contribution in [3.8, 4) is 10.4 Å². The second kappa shape index (κ2) is 7.09. The number of hydrogen-bond donors (Lipinski definition) is 1. The lowest BCUT2D eigenvalue weighted by Gasteiger charge is -2.13. The van der Waals surface area contributed by atoms with Crippen LogP contribution < -0.4 is 5.56 Å². The van der Waals surface area contributed by atoms with Gasteiger partial charge in [0.2, 0.25) is 0 Å². The predicted molar refractivity (Wildman–Crippen MR) is 109 cm³/mol. The maximum atomic E-state index is 12.7. The summed E-state index contributed by atoms with van der Waals surface area (Å²) in [5, 5.41) is 4.48. The van der Waals surface area contributed by atoms with Gasteiger partial charge < -0.3 is 9.72 Å². The first-order chi connectivity index (χ1) is 13.0. The van der Waals surface area contributed by atoms with Gasteiger partial charge in [-0.15, -0.1) is 22.7 Å². The number of carbonyl (C=O) groups excluding carboxylic acids is 1. The van der Waals surface area contributed by atoms with E-state index in [9.17, 15) is 9.59 Å². The maximum absolute atomic E-state index is 12.7. The maximum Gasteiger partial charge on any atom is 0.338 e. The first kappa shape index (κ1) is 17.6. The fourth-order valence-corrected chi connectivity index (χ4v) is 4.60. The highest BCUT2D eigenvalue weighted by Gasteiger charge is 2.19. The van der Waals surface area contributed by atoms with E-state index in [2.05, 4.69) is 9.97 Å². The zero-order valence-electron chi connectivity index (χ0n) is 14.7. The van der Waals surface area contributed by atoms with Crippen molar-refractivity contribution >= 4 is 38.9 Å². The van der Waals surface area contributed by atoms with Crippen molar-refractivity contribution in [2.45, 2.75) is 20.0 Å². The molecule has 4 aromatic rings. The molecule has 1 N–H and O–H groups in total. The third-order valence-corrected chi connectivity index (χ3v) is 5.95. The van der Waals surface area contributed by atoms with Crippen LogP contribution in [-0.4, -0.2) is 15.9 Å². The third kappa shape index (κ3) is 3.43. The van der Waals surface area contributed by atoms with E-state index in [1.165, 1.54) is 11.3 Å². The minimum atomic E-state index is -0.664. The van der Waals surface area contributed by atoms with Crippen molar-refractivity contribution < 1.29 is 9.53 Å². The first-order valence-electron chi connectivity index (χ1n) is 8.36. The Morgan fingerprint density at radius 1 is 1.22 bits per heavy atom. The molecule has 0 fully saturated rings. The van der Waals surface area contributed by atoms with E-state index in [4.69, 9.17) is 4.74 Å². The second-order valence-corrected chi connectivity index (χ2v) is 7.98. The molecule has 7 heteroatoms. The van der Waals surface area contributed by atoms with Gasteiger partial charge in [0.1, 0.15) is 4.83 Å². The molecular weight excluding hydrogens is 380 g/mol. The van der Waals surface area contributed by atoms with E-state index in [0.717, 1.165) is 16.0 Å². The summed E-state index contributed by atoms with van der Waals surface area (Å²) in [5.41, 5.74) is 2.11. The quantitative estimate of drug-likeness (QED) is 0.496. The van der Waals surface area contributed by atoms with E-state index < -0.39 is 12.1 Å². The molecule has 3 aromatic heterocycles. The van der Waals surface area contributed by atoms with Crippen LogP contribution in [0.1, 0.15) is 34.8 Å². The van der Waals surface area contributed by atoms with Crippen LogP contribution >= 0.6 is 22.7 Å². The molecule has 136 valence electrons. The number of nitrogens with one attached hydrogen (secondary N) is 1. The molecule has 27 heavy (non-hydrogen) atoms. The molecular formula is C20H16N2O3S2. The average Bonchev–Trinajstić information content (AvgIpc) is 3.31. The number of hydrogen-bond acceptors (Lipinski definition) is 6. The van der Waals surface area contributed by atoms with Gasteiger partial charge in [0.25, 0.3) is 5.56 Å². The molecule has 0 saturated heterocycles. The fourth-order valence-electron chi connectivity index (χ4n) is 2.83. The number of thiophene rings is 2. The summed E-state index contributed by atoms with van der Waals surface area (Å²) in [7, 11) is 0. The van der Waals surface area contributed by atoms with E-state index in [-0.39, 0.29) is 5.56 Å². The minimum absolute atomic E-state index is 0.224. The Hall–Kier alpha value is -2.77. The molecule has 4 rings (SSSR count). The summed E-state index contributed by atoms with van der Waals surface area (Å²) in [5.74, 6) is -0.104. The average molecular weight is 396 g/mol. The summed E-state index contributed by atoms with van der Waals surface area (Å²) in [4.78, 5) is 34.0. The Morgan fingerprint density at radius 2 is 2.07 bits per heavy atom. The van der Waals surface area contributed by atoms with Gasteiger partial charge in [-0.1, -0.05) is 23.8 Å². The van der Waals surface area contributed by atoms with Crippen molar-refractivity contribution in [3.05, 3.63) is 74.5 Å². The van der Waals surface area contributed by atoms with Gasteiger partial charge in [-0.2, -0.15) is 0 Å². The van der Waals surface area contributed by atoms with Gasteiger partial charge in [0, 0.05) is 15.8 Å². The van der Waals surface area contributed by atoms with Crippen LogP contribution in [0.4, 0.5) is 0 Å². The number of aromatic nitrogens is 2. The van der Waals surface area contributed by atoms with Gasteiger partial charge in [0.15, 0.2) is 11.9 Å². The van der Waals surface area contributed by atoms with Crippen molar-refractivity contribution in [2.75, 3.05) is 0 Å². The molecule has 0 radical (unpaired) electrons. The molecule has 1 atom stereocenters. The summed E-state index contributed by atoms with van der Waals surface area (Å²) in [6.45, 7) is 3.61. The van der Waals surface area contributed by atoms with Crippen LogP contribution in [0, 0.1) is 6.92 Å². The first-order valence-corrected chi connectivity index (χ1v) is 10.1.